The van der Waals surface area contributed by atoms with Gasteiger partial charge in [0.25, 0.3) is 0 Å². The van der Waals surface area contributed by atoms with E-state index in [0.29, 0.717) is 19.8 Å². The van der Waals surface area contributed by atoms with E-state index >= 15 is 0 Å². The van der Waals surface area contributed by atoms with Gasteiger partial charge in [0.1, 0.15) is 11.6 Å². The molecule has 1 saturated heterocycles. The van der Waals surface area contributed by atoms with Crippen LogP contribution in [0.1, 0.15) is 24.0 Å². The highest BCUT2D eigenvalue weighted by Crippen LogP contribution is 2.34. The summed E-state index contributed by atoms with van der Waals surface area (Å²) in [5.74, 6) is 1.43. The highest BCUT2D eigenvalue weighted by atomic mass is 19.1. The van der Waals surface area contributed by atoms with Crippen molar-refractivity contribution < 1.29 is 13.9 Å². The molecule has 3 rings (SSSR count). The molecule has 156 valence electrons. The zero-order chi connectivity index (χ0) is 20.5. The first kappa shape index (κ1) is 21.1. The van der Waals surface area contributed by atoms with Crippen molar-refractivity contribution in [3.05, 3.63) is 65.5 Å². The van der Waals surface area contributed by atoms with Gasteiger partial charge in [-0.15, -0.1) is 0 Å². The van der Waals surface area contributed by atoms with E-state index in [1.165, 1.54) is 6.07 Å². The number of para-hydroxylation sites is 1. The summed E-state index contributed by atoms with van der Waals surface area (Å²) in [7, 11) is 3.45. The molecular formula is C23H30FN3O2. The van der Waals surface area contributed by atoms with Crippen molar-refractivity contribution in [3.63, 3.8) is 0 Å². The Hall–Kier alpha value is -2.60. The minimum atomic E-state index is -0.201. The number of halogens is 1. The molecule has 0 radical (unpaired) electrons. The number of nitrogens with one attached hydrogen (secondary N) is 2. The van der Waals surface area contributed by atoms with Crippen LogP contribution in [0.4, 0.5) is 4.39 Å². The molecule has 6 heteroatoms. The van der Waals surface area contributed by atoms with Gasteiger partial charge in [0.05, 0.1) is 7.11 Å². The third-order valence-electron chi connectivity index (χ3n) is 5.58. The first-order valence-electron chi connectivity index (χ1n) is 10.1. The van der Waals surface area contributed by atoms with E-state index in [9.17, 15) is 4.39 Å². The number of hydrogen-bond acceptors (Lipinski definition) is 3. The smallest absolute Gasteiger partial charge is 0.191 e. The van der Waals surface area contributed by atoms with E-state index in [2.05, 4.69) is 21.7 Å². The van der Waals surface area contributed by atoms with Gasteiger partial charge in [-0.05, 0) is 48.6 Å². The lowest BCUT2D eigenvalue weighted by molar-refractivity contribution is 0.0513. The number of hydrogen-bond donors (Lipinski definition) is 2. The molecule has 2 N–H and O–H groups in total. The quantitative estimate of drug-likeness (QED) is 0.554. The number of rotatable bonds is 7. The summed E-state index contributed by atoms with van der Waals surface area (Å²) in [6.45, 7) is 2.76. The maximum atomic E-state index is 13.8. The number of nitrogens with zero attached hydrogens (tertiary/aromatic N) is 1. The number of benzene rings is 2. The Morgan fingerprint density at radius 3 is 2.66 bits per heavy atom. The van der Waals surface area contributed by atoms with Crippen LogP contribution >= 0.6 is 0 Å². The van der Waals surface area contributed by atoms with Crippen LogP contribution in [-0.4, -0.2) is 46.4 Å². The fourth-order valence-corrected chi connectivity index (χ4v) is 3.85. The topological polar surface area (TPSA) is 54.9 Å². The summed E-state index contributed by atoms with van der Waals surface area (Å²) in [5.41, 5.74) is 2.00. The summed E-state index contributed by atoms with van der Waals surface area (Å²) in [6, 6.07) is 14.9. The van der Waals surface area contributed by atoms with E-state index < -0.39 is 0 Å². The normalized spacial score (nSPS) is 16.3. The van der Waals surface area contributed by atoms with Crippen molar-refractivity contribution in [1.82, 2.24) is 10.6 Å². The number of aliphatic imine (C=N–C) groups is 1. The molecular weight excluding hydrogens is 369 g/mol. The molecule has 0 saturated carbocycles. The van der Waals surface area contributed by atoms with E-state index in [-0.39, 0.29) is 11.2 Å². The van der Waals surface area contributed by atoms with Crippen molar-refractivity contribution >= 4 is 5.96 Å². The van der Waals surface area contributed by atoms with Crippen LogP contribution in [0, 0.1) is 5.82 Å². The summed E-state index contributed by atoms with van der Waals surface area (Å²) in [4.78, 5) is 4.35. The Balaban J connectivity index is 1.60. The van der Waals surface area contributed by atoms with Gasteiger partial charge in [-0.25, -0.2) is 4.39 Å². The molecule has 5 nitrogen and oxygen atoms in total. The van der Waals surface area contributed by atoms with Crippen LogP contribution < -0.4 is 15.4 Å². The third-order valence-corrected chi connectivity index (χ3v) is 5.58. The molecule has 2 aromatic rings. The second-order valence-corrected chi connectivity index (χ2v) is 7.32. The van der Waals surface area contributed by atoms with E-state index in [1.807, 2.05) is 24.3 Å². The minimum Gasteiger partial charge on any atom is -0.496 e. The van der Waals surface area contributed by atoms with Crippen molar-refractivity contribution in [2.75, 3.05) is 40.5 Å². The van der Waals surface area contributed by atoms with E-state index in [1.54, 1.807) is 26.3 Å². The maximum absolute atomic E-state index is 13.8. The standard InChI is InChI=1S/C23H30FN3O2/c1-25-22(26-13-10-18-6-3-4-9-21(18)28-2)27-17-23(11-14-29-15-12-23)19-7-5-8-20(24)16-19/h3-9,16H,10-15,17H2,1-2H3,(H2,25,26,27). The average molecular weight is 400 g/mol. The molecule has 0 unspecified atom stereocenters. The van der Waals surface area contributed by atoms with Gasteiger partial charge in [0, 0.05) is 38.8 Å². The van der Waals surface area contributed by atoms with Crippen LogP contribution in [0.3, 0.4) is 0 Å². The minimum absolute atomic E-state index is 0.166. The SMILES string of the molecule is CN=C(NCCc1ccccc1OC)NCC1(c2cccc(F)c2)CCOCC1. The average Bonchev–Trinajstić information content (AvgIpc) is 2.77. The van der Waals surface area contributed by atoms with E-state index in [0.717, 1.165) is 48.6 Å². The van der Waals surface area contributed by atoms with Crippen LogP contribution in [0.25, 0.3) is 0 Å². The van der Waals surface area contributed by atoms with Crippen molar-refractivity contribution in [2.45, 2.75) is 24.7 Å². The number of guanidine groups is 1. The van der Waals surface area contributed by atoms with Gasteiger partial charge < -0.3 is 20.1 Å². The first-order chi connectivity index (χ1) is 14.2. The summed E-state index contributed by atoms with van der Waals surface area (Å²) >= 11 is 0. The number of methoxy groups -OCH3 is 1. The second-order valence-electron chi connectivity index (χ2n) is 7.32. The largest absolute Gasteiger partial charge is 0.496 e. The van der Waals surface area contributed by atoms with E-state index in [4.69, 9.17) is 9.47 Å². The molecule has 0 spiro atoms. The lowest BCUT2D eigenvalue weighted by atomic mass is 9.74. The van der Waals surface area contributed by atoms with Gasteiger partial charge in [-0.3, -0.25) is 4.99 Å². The fraction of sp³-hybridized carbons (Fsp3) is 0.435. The monoisotopic (exact) mass is 399 g/mol. The molecule has 0 bridgehead atoms. The number of ether oxygens (including phenoxy) is 2. The molecule has 1 aliphatic heterocycles. The zero-order valence-electron chi connectivity index (χ0n) is 17.2. The molecule has 2 aromatic carbocycles. The van der Waals surface area contributed by atoms with Gasteiger partial charge in [0.15, 0.2) is 5.96 Å². The molecule has 29 heavy (non-hydrogen) atoms. The Morgan fingerprint density at radius 1 is 1.14 bits per heavy atom. The van der Waals surface area contributed by atoms with Crippen molar-refractivity contribution in [2.24, 2.45) is 4.99 Å². The van der Waals surface area contributed by atoms with Gasteiger partial charge in [-0.1, -0.05) is 30.3 Å². The highest BCUT2D eigenvalue weighted by Gasteiger charge is 2.34. The van der Waals surface area contributed by atoms with Gasteiger partial charge in [-0.2, -0.15) is 0 Å². The maximum Gasteiger partial charge on any atom is 0.191 e. The van der Waals surface area contributed by atoms with Crippen LogP contribution in [0.5, 0.6) is 5.75 Å². The zero-order valence-corrected chi connectivity index (χ0v) is 17.2. The summed E-state index contributed by atoms with van der Waals surface area (Å²) in [6.07, 6.45) is 2.52. The Morgan fingerprint density at radius 2 is 1.93 bits per heavy atom. The molecule has 1 aliphatic rings. The molecule has 0 atom stereocenters. The van der Waals surface area contributed by atoms with Crippen molar-refractivity contribution in [3.8, 4) is 5.75 Å². The Kier molecular flexibility index (Phi) is 7.47. The van der Waals surface area contributed by atoms with Gasteiger partial charge in [0.2, 0.25) is 0 Å². The first-order valence-corrected chi connectivity index (χ1v) is 10.1. The lowest BCUT2D eigenvalue weighted by Crippen LogP contribution is -2.48. The molecule has 0 aliphatic carbocycles. The summed E-state index contributed by atoms with van der Waals surface area (Å²) < 4.78 is 24.8. The van der Waals surface area contributed by atoms with Gasteiger partial charge >= 0.3 is 0 Å². The summed E-state index contributed by atoms with van der Waals surface area (Å²) in [5, 5.41) is 6.81. The van der Waals surface area contributed by atoms with Crippen LogP contribution in [0.15, 0.2) is 53.5 Å². The fourth-order valence-electron chi connectivity index (χ4n) is 3.85. The molecule has 0 amide bonds. The molecule has 1 heterocycles. The molecule has 1 fully saturated rings. The highest BCUT2D eigenvalue weighted by molar-refractivity contribution is 5.79. The lowest BCUT2D eigenvalue weighted by Gasteiger charge is -2.38. The van der Waals surface area contributed by atoms with Crippen LogP contribution in [0.2, 0.25) is 0 Å². The predicted octanol–water partition coefficient (Wildman–Crippen LogP) is 3.29. The Bertz CT molecular complexity index is 819. The Labute approximate surface area is 172 Å². The van der Waals surface area contributed by atoms with Crippen molar-refractivity contribution in [1.29, 1.82) is 0 Å². The molecule has 0 aromatic heterocycles. The van der Waals surface area contributed by atoms with Crippen LogP contribution in [-0.2, 0) is 16.6 Å². The predicted molar refractivity (Wildman–Crippen MR) is 114 cm³/mol. The third kappa shape index (κ3) is 5.48. The second kappa shape index (κ2) is 10.3.